The lowest BCUT2D eigenvalue weighted by atomic mass is 9.90. The molecule has 2 heterocycles. The average molecular weight is 311 g/mol. The number of aliphatic hydroxyl groups is 1. The first kappa shape index (κ1) is 14.4. The largest absolute Gasteiger partial charge is 0.382 e. The van der Waals surface area contributed by atoms with Gasteiger partial charge in [0, 0.05) is 13.1 Å². The van der Waals surface area contributed by atoms with Crippen molar-refractivity contribution in [3.8, 4) is 0 Å². The fourth-order valence-corrected chi connectivity index (χ4v) is 2.99. The summed E-state index contributed by atoms with van der Waals surface area (Å²) in [6.07, 6.45) is 3.07. The van der Waals surface area contributed by atoms with Crippen molar-refractivity contribution in [3.05, 3.63) is 46.5 Å². The minimum absolute atomic E-state index is 0.122. The van der Waals surface area contributed by atoms with Crippen LogP contribution in [0.5, 0.6) is 0 Å². The van der Waals surface area contributed by atoms with E-state index < -0.39 is 11.4 Å². The van der Waals surface area contributed by atoms with Gasteiger partial charge in [-0.15, -0.1) is 0 Å². The SMILES string of the molecule is O[C@@]1(c2cn[nH]n2)CCCN(Cc2ccc(F)c(Cl)c2)C1. The molecule has 2 N–H and O–H groups in total. The Morgan fingerprint density at radius 1 is 1.48 bits per heavy atom. The first-order valence-corrected chi connectivity index (χ1v) is 7.19. The smallest absolute Gasteiger partial charge is 0.141 e. The summed E-state index contributed by atoms with van der Waals surface area (Å²) in [6.45, 7) is 1.95. The molecule has 1 atom stereocenters. The van der Waals surface area contributed by atoms with E-state index in [0.29, 0.717) is 25.2 Å². The van der Waals surface area contributed by atoms with Crippen LogP contribution in [0.4, 0.5) is 4.39 Å². The van der Waals surface area contributed by atoms with Gasteiger partial charge in [0.05, 0.1) is 11.2 Å². The summed E-state index contributed by atoms with van der Waals surface area (Å²) in [5.41, 5.74) is 0.491. The third-order valence-electron chi connectivity index (χ3n) is 3.83. The minimum Gasteiger partial charge on any atom is -0.382 e. The number of piperidine rings is 1. The minimum atomic E-state index is -0.991. The molecule has 0 saturated carbocycles. The van der Waals surface area contributed by atoms with E-state index in [9.17, 15) is 9.50 Å². The van der Waals surface area contributed by atoms with Crippen LogP contribution in [0, 0.1) is 5.82 Å². The number of hydrogen-bond donors (Lipinski definition) is 2. The monoisotopic (exact) mass is 310 g/mol. The predicted octanol–water partition coefficient (Wildman–Crippen LogP) is 2.08. The predicted molar refractivity (Wildman–Crippen MR) is 76.2 cm³/mol. The summed E-state index contributed by atoms with van der Waals surface area (Å²) in [4.78, 5) is 2.11. The van der Waals surface area contributed by atoms with Crippen LogP contribution < -0.4 is 0 Å². The van der Waals surface area contributed by atoms with Gasteiger partial charge in [-0.2, -0.15) is 15.4 Å². The van der Waals surface area contributed by atoms with Gasteiger partial charge in [-0.25, -0.2) is 4.39 Å². The van der Waals surface area contributed by atoms with Gasteiger partial charge in [0.1, 0.15) is 17.1 Å². The fraction of sp³-hybridized carbons (Fsp3) is 0.429. The lowest BCUT2D eigenvalue weighted by Crippen LogP contribution is -2.45. The molecule has 0 radical (unpaired) electrons. The van der Waals surface area contributed by atoms with Crippen molar-refractivity contribution in [3.63, 3.8) is 0 Å². The zero-order valence-corrected chi connectivity index (χ0v) is 12.1. The molecule has 3 rings (SSSR count). The van der Waals surface area contributed by atoms with Gasteiger partial charge in [0.25, 0.3) is 0 Å². The molecule has 0 unspecified atom stereocenters. The lowest BCUT2D eigenvalue weighted by molar-refractivity contribution is -0.0414. The highest BCUT2D eigenvalue weighted by atomic mass is 35.5. The number of β-amino-alcohol motifs (C(OH)–C–C–N with tert-alkyl or cyclic N) is 1. The Hall–Kier alpha value is -1.50. The van der Waals surface area contributed by atoms with Crippen LogP contribution in [0.1, 0.15) is 24.1 Å². The summed E-state index contributed by atoms with van der Waals surface area (Å²) in [5.74, 6) is -0.418. The van der Waals surface area contributed by atoms with Crippen molar-refractivity contribution in [2.24, 2.45) is 0 Å². The number of halogens is 2. The highest BCUT2D eigenvalue weighted by Crippen LogP contribution is 2.30. The summed E-state index contributed by atoms with van der Waals surface area (Å²) in [5, 5.41) is 21.1. The van der Waals surface area contributed by atoms with Crippen LogP contribution in [0.25, 0.3) is 0 Å². The van der Waals surface area contributed by atoms with Crippen molar-refractivity contribution in [1.29, 1.82) is 0 Å². The molecular formula is C14H16ClFN4O. The molecule has 1 aliphatic rings. The van der Waals surface area contributed by atoms with Crippen LogP contribution >= 0.6 is 11.6 Å². The quantitative estimate of drug-likeness (QED) is 0.911. The van der Waals surface area contributed by atoms with Crippen LogP contribution in [-0.2, 0) is 12.1 Å². The first-order valence-electron chi connectivity index (χ1n) is 6.82. The molecule has 5 nitrogen and oxygen atoms in total. The second-order valence-corrected chi connectivity index (χ2v) is 5.86. The molecule has 2 aromatic rings. The maximum Gasteiger partial charge on any atom is 0.141 e. The number of aromatic amines is 1. The van der Waals surface area contributed by atoms with Crippen LogP contribution in [0.2, 0.25) is 5.02 Å². The van der Waals surface area contributed by atoms with E-state index in [-0.39, 0.29) is 5.02 Å². The summed E-state index contributed by atoms with van der Waals surface area (Å²) in [6, 6.07) is 4.71. The number of likely N-dealkylation sites (tertiary alicyclic amines) is 1. The van der Waals surface area contributed by atoms with Crippen molar-refractivity contribution in [2.75, 3.05) is 13.1 Å². The molecule has 1 aromatic carbocycles. The van der Waals surface area contributed by atoms with Gasteiger partial charge in [-0.05, 0) is 37.1 Å². The summed E-state index contributed by atoms with van der Waals surface area (Å²) >= 11 is 5.80. The number of nitrogens with one attached hydrogen (secondary N) is 1. The Labute approximate surface area is 126 Å². The van der Waals surface area contributed by atoms with Crippen molar-refractivity contribution in [1.82, 2.24) is 20.3 Å². The van der Waals surface area contributed by atoms with Gasteiger partial charge >= 0.3 is 0 Å². The zero-order chi connectivity index (χ0) is 14.9. The maximum absolute atomic E-state index is 13.2. The van der Waals surface area contributed by atoms with Crippen molar-refractivity contribution >= 4 is 11.6 Å². The van der Waals surface area contributed by atoms with E-state index in [1.54, 1.807) is 18.3 Å². The van der Waals surface area contributed by atoms with Crippen molar-refractivity contribution in [2.45, 2.75) is 25.0 Å². The highest BCUT2D eigenvalue weighted by Gasteiger charge is 2.37. The molecule has 0 aliphatic carbocycles. The second-order valence-electron chi connectivity index (χ2n) is 5.45. The van der Waals surface area contributed by atoms with E-state index in [1.165, 1.54) is 6.07 Å². The molecule has 0 bridgehead atoms. The lowest BCUT2D eigenvalue weighted by Gasteiger charge is -2.38. The molecule has 0 amide bonds. The van der Waals surface area contributed by atoms with Gasteiger partial charge in [0.2, 0.25) is 0 Å². The summed E-state index contributed by atoms with van der Waals surface area (Å²) in [7, 11) is 0. The number of benzene rings is 1. The fourth-order valence-electron chi connectivity index (χ4n) is 2.79. The molecule has 21 heavy (non-hydrogen) atoms. The number of nitrogens with zero attached hydrogens (tertiary/aromatic N) is 3. The van der Waals surface area contributed by atoms with Crippen LogP contribution in [0.15, 0.2) is 24.4 Å². The van der Waals surface area contributed by atoms with Gasteiger partial charge in [-0.1, -0.05) is 17.7 Å². The molecular weight excluding hydrogens is 295 g/mol. The average Bonchev–Trinajstić information content (AvgIpc) is 2.98. The topological polar surface area (TPSA) is 65.0 Å². The van der Waals surface area contributed by atoms with Crippen LogP contribution in [0.3, 0.4) is 0 Å². The van der Waals surface area contributed by atoms with Crippen molar-refractivity contribution < 1.29 is 9.50 Å². The van der Waals surface area contributed by atoms with Gasteiger partial charge in [-0.3, -0.25) is 4.90 Å². The molecule has 112 valence electrons. The standard InChI is InChI=1S/C14H16ClFN4O/c15-11-6-10(2-3-12(11)16)8-20-5-1-4-14(21,9-20)13-7-17-19-18-13/h2-3,6-7,21H,1,4-5,8-9H2,(H,17,18,19)/t14-/m0/s1. The molecule has 1 fully saturated rings. The number of rotatable bonds is 3. The van der Waals surface area contributed by atoms with E-state index >= 15 is 0 Å². The Morgan fingerprint density at radius 2 is 2.33 bits per heavy atom. The number of H-pyrrole nitrogens is 1. The van der Waals surface area contributed by atoms with E-state index in [0.717, 1.165) is 18.5 Å². The number of hydrogen-bond acceptors (Lipinski definition) is 4. The zero-order valence-electron chi connectivity index (χ0n) is 11.4. The molecule has 1 aromatic heterocycles. The Balaban J connectivity index is 1.73. The second kappa shape index (κ2) is 5.71. The molecule has 1 saturated heterocycles. The van der Waals surface area contributed by atoms with Gasteiger partial charge in [0.15, 0.2) is 0 Å². The van der Waals surface area contributed by atoms with E-state index in [2.05, 4.69) is 20.3 Å². The summed E-state index contributed by atoms with van der Waals surface area (Å²) < 4.78 is 13.2. The van der Waals surface area contributed by atoms with Gasteiger partial charge < -0.3 is 5.11 Å². The van der Waals surface area contributed by atoms with E-state index in [1.807, 2.05) is 0 Å². The van der Waals surface area contributed by atoms with Crippen LogP contribution in [-0.4, -0.2) is 38.5 Å². The normalized spacial score (nSPS) is 23.4. The first-order chi connectivity index (χ1) is 10.1. The maximum atomic E-state index is 13.2. The molecule has 1 aliphatic heterocycles. The Morgan fingerprint density at radius 3 is 3.05 bits per heavy atom. The Kier molecular flexibility index (Phi) is 3.93. The highest BCUT2D eigenvalue weighted by molar-refractivity contribution is 6.30. The third kappa shape index (κ3) is 3.07. The third-order valence-corrected chi connectivity index (χ3v) is 4.12. The molecule has 7 heteroatoms. The number of aromatic nitrogens is 3. The molecule has 0 spiro atoms. The Bertz CT molecular complexity index is 621. The van der Waals surface area contributed by atoms with E-state index in [4.69, 9.17) is 11.6 Å².